The van der Waals surface area contributed by atoms with Gasteiger partial charge in [0, 0.05) is 24.6 Å². The fraction of sp³-hybridized carbons (Fsp3) is 0.379. The highest BCUT2D eigenvalue weighted by Gasteiger charge is 2.03. The summed E-state index contributed by atoms with van der Waals surface area (Å²) >= 11 is 0. The topological polar surface area (TPSA) is 35.0 Å². The number of nitrogens with zero attached hydrogens (tertiary/aromatic N) is 2. The number of fused-ring (bicyclic) bond motifs is 1. The molecule has 1 aromatic heterocycles. The molecule has 3 aromatic rings. The van der Waals surface area contributed by atoms with Crippen molar-refractivity contribution in [2.75, 3.05) is 6.61 Å². The lowest BCUT2D eigenvalue weighted by Crippen LogP contribution is -2.08. The Kier molecular flexibility index (Phi) is 9.64. The van der Waals surface area contributed by atoms with Gasteiger partial charge in [-0.3, -0.25) is 0 Å². The van der Waals surface area contributed by atoms with E-state index in [1.54, 1.807) is 0 Å². The van der Waals surface area contributed by atoms with Crippen molar-refractivity contribution in [3.63, 3.8) is 0 Å². The predicted octanol–water partition coefficient (Wildman–Crippen LogP) is 7.80. The Morgan fingerprint density at radius 1 is 1.03 bits per heavy atom. The standard InChI is InChI=1S/C29H36N2O/c1-4-6-10-20-32-23(3)12-8-7-9-13-24-14-16-25(17-15-24)26-18-19-28-27(21-26)22-30-29(31-28)11-5-2/h5,9,13-19,21-23H,2,4,6-8,10-12,20H2,1,3H3. The van der Waals surface area contributed by atoms with Crippen molar-refractivity contribution in [1.29, 1.82) is 0 Å². The summed E-state index contributed by atoms with van der Waals surface area (Å²) < 4.78 is 5.87. The lowest BCUT2D eigenvalue weighted by Gasteiger charge is -2.12. The Balaban J connectivity index is 1.49. The van der Waals surface area contributed by atoms with Crippen LogP contribution in [0.25, 0.3) is 28.1 Å². The Morgan fingerprint density at radius 2 is 1.84 bits per heavy atom. The van der Waals surface area contributed by atoms with Crippen LogP contribution in [0.4, 0.5) is 0 Å². The third-order valence-corrected chi connectivity index (χ3v) is 5.64. The molecule has 0 aliphatic heterocycles. The van der Waals surface area contributed by atoms with Crippen LogP contribution in [-0.2, 0) is 11.2 Å². The molecule has 0 radical (unpaired) electrons. The molecular formula is C29H36N2O. The molecule has 168 valence electrons. The first-order valence-corrected chi connectivity index (χ1v) is 11.9. The molecule has 0 saturated heterocycles. The number of allylic oxidation sites excluding steroid dienone is 2. The highest BCUT2D eigenvalue weighted by molar-refractivity contribution is 5.84. The highest BCUT2D eigenvalue weighted by atomic mass is 16.5. The van der Waals surface area contributed by atoms with E-state index in [4.69, 9.17) is 4.74 Å². The molecule has 0 spiro atoms. The second-order valence-corrected chi connectivity index (χ2v) is 8.40. The van der Waals surface area contributed by atoms with Crippen molar-refractivity contribution < 1.29 is 4.74 Å². The third-order valence-electron chi connectivity index (χ3n) is 5.64. The Hall–Kier alpha value is -2.78. The molecule has 0 aliphatic rings. The summed E-state index contributed by atoms with van der Waals surface area (Å²) in [5.74, 6) is 0.811. The minimum absolute atomic E-state index is 0.362. The van der Waals surface area contributed by atoms with Crippen LogP contribution in [-0.4, -0.2) is 22.7 Å². The molecule has 3 nitrogen and oxygen atoms in total. The minimum Gasteiger partial charge on any atom is -0.379 e. The summed E-state index contributed by atoms with van der Waals surface area (Å²) in [7, 11) is 0. The maximum atomic E-state index is 5.87. The fourth-order valence-electron chi connectivity index (χ4n) is 3.73. The number of ether oxygens (including phenoxy) is 1. The largest absolute Gasteiger partial charge is 0.379 e. The lowest BCUT2D eigenvalue weighted by atomic mass is 10.0. The van der Waals surface area contributed by atoms with Crippen LogP contribution in [0.15, 0.2) is 67.4 Å². The lowest BCUT2D eigenvalue weighted by molar-refractivity contribution is 0.0566. The number of benzene rings is 2. The minimum atomic E-state index is 0.362. The van der Waals surface area contributed by atoms with Crippen molar-refractivity contribution in [2.45, 2.75) is 64.9 Å². The summed E-state index contributed by atoms with van der Waals surface area (Å²) in [5, 5.41) is 1.06. The maximum absolute atomic E-state index is 5.87. The molecule has 2 aromatic carbocycles. The van der Waals surface area contributed by atoms with Crippen LogP contribution >= 0.6 is 0 Å². The van der Waals surface area contributed by atoms with E-state index in [-0.39, 0.29) is 0 Å². The SMILES string of the molecule is C=CCc1ncc2cc(-c3ccc(C=CCCCC(C)OCCCCC)cc3)ccc2n1. The van der Waals surface area contributed by atoms with Gasteiger partial charge in [-0.2, -0.15) is 0 Å². The highest BCUT2D eigenvalue weighted by Crippen LogP contribution is 2.24. The molecule has 3 heteroatoms. The van der Waals surface area contributed by atoms with Gasteiger partial charge in [0.1, 0.15) is 5.82 Å². The van der Waals surface area contributed by atoms with Crippen molar-refractivity contribution in [3.8, 4) is 11.1 Å². The molecule has 0 aliphatic carbocycles. The average Bonchev–Trinajstić information content (AvgIpc) is 2.82. The molecule has 0 saturated carbocycles. The summed E-state index contributed by atoms with van der Waals surface area (Å²) in [6.45, 7) is 9.07. The van der Waals surface area contributed by atoms with E-state index < -0.39 is 0 Å². The van der Waals surface area contributed by atoms with Crippen LogP contribution in [0, 0.1) is 0 Å². The van der Waals surface area contributed by atoms with Crippen LogP contribution in [0.1, 0.15) is 63.8 Å². The van der Waals surface area contributed by atoms with Crippen LogP contribution < -0.4 is 0 Å². The van der Waals surface area contributed by atoms with Gasteiger partial charge in [-0.05, 0) is 61.4 Å². The predicted molar refractivity (Wildman–Crippen MR) is 137 cm³/mol. The Morgan fingerprint density at radius 3 is 2.62 bits per heavy atom. The van der Waals surface area contributed by atoms with Gasteiger partial charge in [0.25, 0.3) is 0 Å². The first kappa shape index (κ1) is 23.9. The second-order valence-electron chi connectivity index (χ2n) is 8.40. The first-order chi connectivity index (χ1) is 15.7. The van der Waals surface area contributed by atoms with Crippen molar-refractivity contribution in [3.05, 3.63) is 78.8 Å². The number of rotatable bonds is 13. The van der Waals surface area contributed by atoms with Crippen molar-refractivity contribution >= 4 is 17.0 Å². The molecule has 0 fully saturated rings. The van der Waals surface area contributed by atoms with Gasteiger partial charge in [-0.15, -0.1) is 6.58 Å². The number of aromatic nitrogens is 2. The van der Waals surface area contributed by atoms with E-state index in [0.29, 0.717) is 12.5 Å². The summed E-state index contributed by atoms with van der Waals surface area (Å²) in [4.78, 5) is 9.02. The van der Waals surface area contributed by atoms with Crippen LogP contribution in [0.3, 0.4) is 0 Å². The normalized spacial score (nSPS) is 12.4. The van der Waals surface area contributed by atoms with Gasteiger partial charge < -0.3 is 4.74 Å². The van der Waals surface area contributed by atoms with Gasteiger partial charge in [0.15, 0.2) is 0 Å². The molecule has 1 heterocycles. The Labute approximate surface area is 193 Å². The van der Waals surface area contributed by atoms with Gasteiger partial charge in [-0.1, -0.05) is 68.3 Å². The zero-order chi connectivity index (χ0) is 22.6. The summed E-state index contributed by atoms with van der Waals surface area (Å²) in [5.41, 5.74) is 4.59. The number of hydrogen-bond donors (Lipinski definition) is 0. The van der Waals surface area contributed by atoms with Crippen LogP contribution in [0.5, 0.6) is 0 Å². The quantitative estimate of drug-likeness (QED) is 0.206. The molecule has 1 atom stereocenters. The van der Waals surface area contributed by atoms with Gasteiger partial charge in [0.2, 0.25) is 0 Å². The van der Waals surface area contributed by atoms with Gasteiger partial charge in [0.05, 0.1) is 11.6 Å². The molecule has 0 amide bonds. The zero-order valence-corrected chi connectivity index (χ0v) is 19.6. The van der Waals surface area contributed by atoms with Crippen LogP contribution in [0.2, 0.25) is 0 Å². The molecule has 1 unspecified atom stereocenters. The van der Waals surface area contributed by atoms with E-state index >= 15 is 0 Å². The molecule has 32 heavy (non-hydrogen) atoms. The maximum Gasteiger partial charge on any atom is 0.132 e. The Bertz CT molecular complexity index is 1010. The molecule has 0 bridgehead atoms. The van der Waals surface area contributed by atoms with E-state index in [2.05, 4.69) is 85.0 Å². The number of hydrogen-bond acceptors (Lipinski definition) is 3. The third kappa shape index (κ3) is 7.42. The smallest absolute Gasteiger partial charge is 0.132 e. The molecular weight excluding hydrogens is 392 g/mol. The van der Waals surface area contributed by atoms with Gasteiger partial charge >= 0.3 is 0 Å². The number of unbranched alkanes of at least 4 members (excludes halogenated alkanes) is 3. The molecule has 0 N–H and O–H groups in total. The zero-order valence-electron chi connectivity index (χ0n) is 19.6. The fourth-order valence-corrected chi connectivity index (χ4v) is 3.73. The van der Waals surface area contributed by atoms with E-state index in [9.17, 15) is 0 Å². The van der Waals surface area contributed by atoms with E-state index in [0.717, 1.165) is 42.6 Å². The molecule has 3 rings (SSSR count). The average molecular weight is 429 g/mol. The second kappa shape index (κ2) is 12.9. The van der Waals surface area contributed by atoms with Crippen molar-refractivity contribution in [1.82, 2.24) is 9.97 Å². The monoisotopic (exact) mass is 428 g/mol. The first-order valence-electron chi connectivity index (χ1n) is 11.9. The summed E-state index contributed by atoms with van der Waals surface area (Å²) in [6.07, 6.45) is 16.3. The summed E-state index contributed by atoms with van der Waals surface area (Å²) in [6, 6.07) is 15.1. The van der Waals surface area contributed by atoms with Crippen molar-refractivity contribution in [2.24, 2.45) is 0 Å². The van der Waals surface area contributed by atoms with E-state index in [1.165, 1.54) is 36.0 Å². The van der Waals surface area contributed by atoms with Gasteiger partial charge in [-0.25, -0.2) is 9.97 Å². The van der Waals surface area contributed by atoms with E-state index in [1.807, 2.05) is 12.3 Å².